The summed E-state index contributed by atoms with van der Waals surface area (Å²) in [4.78, 5) is 3.83. The Morgan fingerprint density at radius 1 is 0.939 bits per heavy atom. The van der Waals surface area contributed by atoms with Crippen molar-refractivity contribution in [3.63, 3.8) is 0 Å². The van der Waals surface area contributed by atoms with Crippen LogP contribution in [0.5, 0.6) is 0 Å². The van der Waals surface area contributed by atoms with Crippen molar-refractivity contribution in [1.82, 2.24) is 4.98 Å². The summed E-state index contributed by atoms with van der Waals surface area (Å²) in [5.74, 6) is -1.49. The van der Waals surface area contributed by atoms with Gasteiger partial charge in [0, 0.05) is 5.56 Å². The van der Waals surface area contributed by atoms with Crippen molar-refractivity contribution in [2.24, 2.45) is 10.8 Å². The monoisotopic (exact) mass is 484 g/mol. The van der Waals surface area contributed by atoms with Gasteiger partial charge in [0.15, 0.2) is 0 Å². The number of benzene rings is 3. The molecule has 2 heterocycles. The molecule has 0 spiro atoms. The molecule has 0 radical (unpaired) electrons. The molecule has 1 unspecified atom stereocenters. The fourth-order valence-corrected chi connectivity index (χ4v) is 6.35. The molecule has 2 N–H and O–H groups in total. The van der Waals surface area contributed by atoms with Gasteiger partial charge in [0.05, 0.1) is 10.2 Å². The Morgan fingerprint density at radius 2 is 1.76 bits per heavy atom. The fourth-order valence-electron chi connectivity index (χ4n) is 3.88. The SMILES string of the molecule is NCCCC1(c2ccccc2)SC(c2cc(F)ccc2F)=NN1c1nc2cccc(F)c2s1. The number of hydrazone groups is 1. The first-order chi connectivity index (χ1) is 16.0. The molecule has 4 aromatic rings. The van der Waals surface area contributed by atoms with Crippen LogP contribution in [0.2, 0.25) is 0 Å². The van der Waals surface area contributed by atoms with Gasteiger partial charge in [-0.2, -0.15) is 5.10 Å². The maximum atomic E-state index is 14.7. The molecule has 1 aliphatic heterocycles. The minimum Gasteiger partial charge on any atom is -0.330 e. The second-order valence-electron chi connectivity index (χ2n) is 7.57. The molecule has 168 valence electrons. The zero-order chi connectivity index (χ0) is 23.0. The van der Waals surface area contributed by atoms with Gasteiger partial charge in [-0.25, -0.2) is 23.2 Å². The third kappa shape index (κ3) is 3.90. The first-order valence-corrected chi connectivity index (χ1v) is 12.0. The number of nitrogens with zero attached hydrogens (tertiary/aromatic N) is 3. The van der Waals surface area contributed by atoms with Crippen molar-refractivity contribution < 1.29 is 13.2 Å². The van der Waals surface area contributed by atoms with E-state index in [1.54, 1.807) is 17.1 Å². The minimum absolute atomic E-state index is 0.0721. The van der Waals surface area contributed by atoms with Crippen molar-refractivity contribution in [1.29, 1.82) is 0 Å². The van der Waals surface area contributed by atoms with Crippen molar-refractivity contribution in [2.75, 3.05) is 11.6 Å². The van der Waals surface area contributed by atoms with Crippen LogP contribution in [0.1, 0.15) is 24.0 Å². The van der Waals surface area contributed by atoms with E-state index in [9.17, 15) is 13.2 Å². The van der Waals surface area contributed by atoms with Crippen LogP contribution in [0.25, 0.3) is 10.2 Å². The number of rotatable bonds is 6. The van der Waals surface area contributed by atoms with Gasteiger partial charge in [-0.1, -0.05) is 59.5 Å². The van der Waals surface area contributed by atoms with E-state index in [-0.39, 0.29) is 11.4 Å². The quantitative estimate of drug-likeness (QED) is 0.353. The number of fused-ring (bicyclic) bond motifs is 1. The molecule has 0 saturated carbocycles. The maximum absolute atomic E-state index is 14.7. The molecule has 1 aliphatic rings. The molecule has 33 heavy (non-hydrogen) atoms. The Labute approximate surface area is 196 Å². The second kappa shape index (κ2) is 8.81. The van der Waals surface area contributed by atoms with E-state index >= 15 is 0 Å². The molecule has 0 aliphatic carbocycles. The highest BCUT2D eigenvalue weighted by Gasteiger charge is 2.47. The summed E-state index contributed by atoms with van der Waals surface area (Å²) in [5, 5.41) is 7.24. The van der Waals surface area contributed by atoms with Gasteiger partial charge >= 0.3 is 0 Å². The number of hydrogen-bond acceptors (Lipinski definition) is 6. The van der Waals surface area contributed by atoms with Crippen LogP contribution < -0.4 is 10.7 Å². The molecular weight excluding hydrogens is 465 g/mol. The fraction of sp³-hybridized carbons (Fsp3) is 0.167. The molecule has 0 saturated heterocycles. The van der Waals surface area contributed by atoms with Crippen molar-refractivity contribution >= 4 is 43.5 Å². The van der Waals surface area contributed by atoms with Crippen LogP contribution in [0.4, 0.5) is 18.3 Å². The number of anilines is 1. The summed E-state index contributed by atoms with van der Waals surface area (Å²) in [6.07, 6.45) is 1.23. The highest BCUT2D eigenvalue weighted by atomic mass is 32.2. The molecule has 0 bridgehead atoms. The highest BCUT2D eigenvalue weighted by molar-refractivity contribution is 8.15. The molecule has 5 rings (SSSR count). The van der Waals surface area contributed by atoms with Crippen molar-refractivity contribution in [3.05, 3.63) is 95.3 Å². The number of hydrogen-bond donors (Lipinski definition) is 1. The number of aromatic nitrogens is 1. The van der Waals surface area contributed by atoms with Crippen LogP contribution in [0, 0.1) is 17.5 Å². The third-order valence-corrected chi connectivity index (χ3v) is 7.94. The van der Waals surface area contributed by atoms with Gasteiger partial charge in [-0.05, 0) is 55.3 Å². The average molecular weight is 485 g/mol. The Bertz CT molecular complexity index is 1340. The van der Waals surface area contributed by atoms with Crippen LogP contribution in [-0.2, 0) is 4.87 Å². The van der Waals surface area contributed by atoms with Crippen LogP contribution in [-0.4, -0.2) is 16.6 Å². The molecule has 0 fully saturated rings. The van der Waals surface area contributed by atoms with E-state index in [0.29, 0.717) is 39.8 Å². The normalized spacial score (nSPS) is 18.2. The lowest BCUT2D eigenvalue weighted by Crippen LogP contribution is -2.38. The predicted molar refractivity (Wildman–Crippen MR) is 129 cm³/mol. The number of halogens is 3. The highest BCUT2D eigenvalue weighted by Crippen LogP contribution is 2.53. The lowest BCUT2D eigenvalue weighted by molar-refractivity contribution is 0.527. The summed E-state index contributed by atoms with van der Waals surface area (Å²) in [6.45, 7) is 0.446. The standard InChI is InChI=1S/C24H19F3N4S2/c25-16-10-11-18(26)17(14-16)22-30-31(23-29-20-9-4-8-19(27)21(20)32-23)24(33-22,12-5-13-28)15-6-2-1-3-7-15/h1-4,6-11,14H,5,12-13,28H2. The van der Waals surface area contributed by atoms with Crippen LogP contribution >= 0.6 is 23.1 Å². The van der Waals surface area contributed by atoms with E-state index in [1.165, 1.54) is 29.2 Å². The first kappa shape index (κ1) is 21.9. The molecule has 1 atom stereocenters. The molecule has 9 heteroatoms. The predicted octanol–water partition coefficient (Wildman–Crippen LogP) is 6.22. The van der Waals surface area contributed by atoms with E-state index in [0.717, 1.165) is 23.8 Å². The Morgan fingerprint density at radius 3 is 2.52 bits per heavy atom. The second-order valence-corrected chi connectivity index (χ2v) is 9.81. The minimum atomic E-state index is -0.806. The largest absolute Gasteiger partial charge is 0.330 e. The summed E-state index contributed by atoms with van der Waals surface area (Å²) in [5.41, 5.74) is 7.36. The molecule has 1 aromatic heterocycles. The number of thiazole rings is 1. The van der Waals surface area contributed by atoms with Gasteiger partial charge in [-0.15, -0.1) is 0 Å². The van der Waals surface area contributed by atoms with E-state index < -0.39 is 16.5 Å². The lowest BCUT2D eigenvalue weighted by Gasteiger charge is -2.35. The molecule has 0 amide bonds. The van der Waals surface area contributed by atoms with E-state index in [2.05, 4.69) is 4.98 Å². The zero-order valence-electron chi connectivity index (χ0n) is 17.3. The maximum Gasteiger partial charge on any atom is 0.208 e. The Hall–Kier alpha value is -2.88. The molecule has 3 aromatic carbocycles. The average Bonchev–Trinajstić information content (AvgIpc) is 3.43. The van der Waals surface area contributed by atoms with Crippen LogP contribution in [0.3, 0.4) is 0 Å². The third-order valence-electron chi connectivity index (χ3n) is 5.44. The van der Waals surface area contributed by atoms with E-state index in [1.807, 2.05) is 30.3 Å². The van der Waals surface area contributed by atoms with Crippen LogP contribution in [0.15, 0.2) is 71.8 Å². The van der Waals surface area contributed by atoms with Crippen molar-refractivity contribution in [3.8, 4) is 0 Å². The van der Waals surface area contributed by atoms with E-state index in [4.69, 9.17) is 10.8 Å². The number of nitrogens with two attached hydrogens (primary N) is 1. The molecule has 4 nitrogen and oxygen atoms in total. The zero-order valence-corrected chi connectivity index (χ0v) is 19.0. The summed E-state index contributed by atoms with van der Waals surface area (Å²) >= 11 is 2.51. The summed E-state index contributed by atoms with van der Waals surface area (Å²) in [6, 6.07) is 17.7. The summed E-state index contributed by atoms with van der Waals surface area (Å²) < 4.78 is 43.6. The number of thioether (sulfide) groups is 1. The van der Waals surface area contributed by atoms with Crippen molar-refractivity contribution in [2.45, 2.75) is 17.7 Å². The first-order valence-electron chi connectivity index (χ1n) is 10.4. The van der Waals surface area contributed by atoms with Gasteiger partial charge < -0.3 is 5.73 Å². The van der Waals surface area contributed by atoms with Gasteiger partial charge in [0.1, 0.15) is 27.4 Å². The van der Waals surface area contributed by atoms with Gasteiger partial charge in [-0.3, -0.25) is 0 Å². The Balaban J connectivity index is 1.72. The Kier molecular flexibility index (Phi) is 5.86. The smallest absolute Gasteiger partial charge is 0.208 e. The summed E-state index contributed by atoms with van der Waals surface area (Å²) in [7, 11) is 0. The topological polar surface area (TPSA) is 54.5 Å². The van der Waals surface area contributed by atoms with Gasteiger partial charge in [0.2, 0.25) is 5.13 Å². The van der Waals surface area contributed by atoms with Gasteiger partial charge in [0.25, 0.3) is 0 Å². The lowest BCUT2D eigenvalue weighted by atomic mass is 10.0. The molecular formula is C24H19F3N4S2.